The maximum atomic E-state index is 13.5. The predicted molar refractivity (Wildman–Crippen MR) is 97.0 cm³/mol. The van der Waals surface area contributed by atoms with Crippen LogP contribution in [0.25, 0.3) is 11.3 Å². The minimum Gasteiger partial charge on any atom is -0.387 e. The summed E-state index contributed by atoms with van der Waals surface area (Å²) in [7, 11) is 0. The Morgan fingerprint density at radius 3 is 2.14 bits per heavy atom. The van der Waals surface area contributed by atoms with Crippen molar-refractivity contribution in [3.63, 3.8) is 0 Å². The maximum absolute atomic E-state index is 13.5. The molecular weight excluding hydrogens is 398 g/mol. The fourth-order valence-corrected chi connectivity index (χ4v) is 2.81. The molecule has 2 aromatic rings. The van der Waals surface area contributed by atoms with E-state index in [1.54, 1.807) is 0 Å². The van der Waals surface area contributed by atoms with Crippen LogP contribution < -0.4 is 5.32 Å². The lowest BCUT2D eigenvalue weighted by Gasteiger charge is -2.18. The smallest absolute Gasteiger partial charge is 0.387 e. The average Bonchev–Trinajstić information content (AvgIpc) is 2.66. The number of hydrogen-bond acceptors (Lipinski definition) is 3. The van der Waals surface area contributed by atoms with Gasteiger partial charge in [-0.15, -0.1) is 0 Å². The standard InChI is InChI=1S/C20H22F6N2O/c1-2-3-4-11-27-12-17(29)15-9-10-16(28-18(15)20(24,25)26)13-5-7-14(8-6-13)19(21,22)23/h5-10,17,27,29H,2-4,11-12H2,1H3/t17-/m0/s1. The van der Waals surface area contributed by atoms with Crippen molar-refractivity contribution in [2.24, 2.45) is 0 Å². The summed E-state index contributed by atoms with van der Waals surface area (Å²) in [5.41, 5.74) is -2.55. The Balaban J connectivity index is 2.25. The van der Waals surface area contributed by atoms with Crippen molar-refractivity contribution >= 4 is 0 Å². The lowest BCUT2D eigenvalue weighted by molar-refractivity contribution is -0.142. The molecule has 1 heterocycles. The normalized spacial score (nSPS) is 13.5. The summed E-state index contributed by atoms with van der Waals surface area (Å²) in [5.74, 6) is 0. The van der Waals surface area contributed by atoms with Gasteiger partial charge in [0.2, 0.25) is 0 Å². The average molecular weight is 420 g/mol. The number of pyridine rings is 1. The number of aliphatic hydroxyl groups excluding tert-OH is 1. The van der Waals surface area contributed by atoms with Crippen molar-refractivity contribution in [2.75, 3.05) is 13.1 Å². The van der Waals surface area contributed by atoms with Gasteiger partial charge in [0.1, 0.15) is 0 Å². The molecule has 3 nitrogen and oxygen atoms in total. The van der Waals surface area contributed by atoms with Crippen molar-refractivity contribution in [3.8, 4) is 11.3 Å². The molecule has 0 saturated carbocycles. The Hall–Kier alpha value is -2.13. The second-order valence-corrected chi connectivity index (χ2v) is 6.63. The first-order valence-corrected chi connectivity index (χ1v) is 9.18. The number of nitrogens with one attached hydrogen (secondary N) is 1. The molecule has 1 aromatic carbocycles. The van der Waals surface area contributed by atoms with Gasteiger partial charge in [0, 0.05) is 17.7 Å². The van der Waals surface area contributed by atoms with Crippen LogP contribution in [0.4, 0.5) is 26.3 Å². The molecule has 0 amide bonds. The molecule has 29 heavy (non-hydrogen) atoms. The lowest BCUT2D eigenvalue weighted by Crippen LogP contribution is -2.25. The highest BCUT2D eigenvalue weighted by atomic mass is 19.4. The van der Waals surface area contributed by atoms with E-state index in [2.05, 4.69) is 10.3 Å². The first-order chi connectivity index (χ1) is 13.5. The highest BCUT2D eigenvalue weighted by Crippen LogP contribution is 2.36. The number of rotatable bonds is 8. The molecule has 0 aliphatic carbocycles. The first-order valence-electron chi connectivity index (χ1n) is 9.18. The van der Waals surface area contributed by atoms with E-state index < -0.39 is 29.7 Å². The first kappa shape index (κ1) is 23.2. The molecule has 160 valence electrons. The monoisotopic (exact) mass is 420 g/mol. The number of aliphatic hydroxyl groups is 1. The Kier molecular flexibility index (Phi) is 7.65. The molecular formula is C20H22F6N2O. The Morgan fingerprint density at radius 2 is 1.59 bits per heavy atom. The van der Waals surface area contributed by atoms with Crippen LogP contribution in [0.15, 0.2) is 36.4 Å². The summed E-state index contributed by atoms with van der Waals surface area (Å²) < 4.78 is 78.4. The van der Waals surface area contributed by atoms with E-state index in [0.717, 1.165) is 49.6 Å². The molecule has 1 atom stereocenters. The molecule has 0 fully saturated rings. The fraction of sp³-hybridized carbons (Fsp3) is 0.450. The Morgan fingerprint density at radius 1 is 0.931 bits per heavy atom. The highest BCUT2D eigenvalue weighted by Gasteiger charge is 2.37. The highest BCUT2D eigenvalue weighted by molar-refractivity contribution is 5.60. The van der Waals surface area contributed by atoms with Crippen LogP contribution in [0.2, 0.25) is 0 Å². The minimum absolute atomic E-state index is 0.0614. The summed E-state index contributed by atoms with van der Waals surface area (Å²) in [5, 5.41) is 13.1. The molecule has 0 saturated heterocycles. The molecule has 0 aliphatic rings. The van der Waals surface area contributed by atoms with Gasteiger partial charge < -0.3 is 10.4 Å². The topological polar surface area (TPSA) is 45.1 Å². The summed E-state index contributed by atoms with van der Waals surface area (Å²) in [6, 6.07) is 6.07. The van der Waals surface area contributed by atoms with Gasteiger partial charge in [0.25, 0.3) is 0 Å². The number of unbranched alkanes of at least 4 members (excludes halogenated alkanes) is 2. The van der Waals surface area contributed by atoms with E-state index in [4.69, 9.17) is 0 Å². The summed E-state index contributed by atoms with van der Waals surface area (Å²) in [6.07, 6.45) is -7.96. The quantitative estimate of drug-likeness (QED) is 0.432. The molecule has 1 aromatic heterocycles. The van der Waals surface area contributed by atoms with E-state index in [-0.39, 0.29) is 23.4 Å². The SMILES string of the molecule is CCCCCNC[C@H](O)c1ccc(-c2ccc(C(F)(F)F)cc2)nc1C(F)(F)F. The van der Waals surface area contributed by atoms with Gasteiger partial charge in [-0.05, 0) is 31.2 Å². The zero-order chi connectivity index (χ0) is 21.7. The van der Waals surface area contributed by atoms with E-state index in [1.165, 1.54) is 6.07 Å². The van der Waals surface area contributed by atoms with Crippen LogP contribution in [0.5, 0.6) is 0 Å². The lowest BCUT2D eigenvalue weighted by atomic mass is 10.0. The van der Waals surface area contributed by atoms with Crippen LogP contribution in [-0.2, 0) is 12.4 Å². The number of halogens is 6. The third-order valence-corrected chi connectivity index (χ3v) is 4.36. The van der Waals surface area contributed by atoms with E-state index in [0.29, 0.717) is 6.54 Å². The van der Waals surface area contributed by atoms with Crippen LogP contribution in [0.1, 0.15) is 49.1 Å². The maximum Gasteiger partial charge on any atom is 0.433 e. The van der Waals surface area contributed by atoms with Gasteiger partial charge in [-0.3, -0.25) is 0 Å². The molecule has 0 unspecified atom stereocenters. The second-order valence-electron chi connectivity index (χ2n) is 6.63. The predicted octanol–water partition coefficient (Wildman–Crippen LogP) is 5.60. The van der Waals surface area contributed by atoms with Crippen molar-refractivity contribution < 1.29 is 31.4 Å². The van der Waals surface area contributed by atoms with Crippen molar-refractivity contribution in [1.82, 2.24) is 10.3 Å². The fourth-order valence-electron chi connectivity index (χ4n) is 2.81. The van der Waals surface area contributed by atoms with E-state index in [9.17, 15) is 31.4 Å². The van der Waals surface area contributed by atoms with Crippen molar-refractivity contribution in [1.29, 1.82) is 0 Å². The van der Waals surface area contributed by atoms with Gasteiger partial charge in [0.15, 0.2) is 5.69 Å². The number of alkyl halides is 6. The molecule has 2 rings (SSSR count). The summed E-state index contributed by atoms with van der Waals surface area (Å²) >= 11 is 0. The molecule has 9 heteroatoms. The zero-order valence-electron chi connectivity index (χ0n) is 15.7. The number of aromatic nitrogens is 1. The third kappa shape index (κ3) is 6.43. The number of nitrogens with zero attached hydrogens (tertiary/aromatic N) is 1. The summed E-state index contributed by atoms with van der Waals surface area (Å²) in [4.78, 5) is 3.59. The van der Waals surface area contributed by atoms with Gasteiger partial charge in [-0.2, -0.15) is 26.3 Å². The van der Waals surface area contributed by atoms with Crippen LogP contribution in [0.3, 0.4) is 0 Å². The Labute approximate surface area is 164 Å². The van der Waals surface area contributed by atoms with Crippen molar-refractivity contribution in [2.45, 2.75) is 44.6 Å². The number of benzene rings is 1. The molecule has 0 spiro atoms. The minimum atomic E-state index is -4.82. The van der Waals surface area contributed by atoms with Crippen LogP contribution in [-0.4, -0.2) is 23.2 Å². The van der Waals surface area contributed by atoms with Gasteiger partial charge >= 0.3 is 12.4 Å². The Bertz CT molecular complexity index is 787. The second kappa shape index (κ2) is 9.58. The van der Waals surface area contributed by atoms with Crippen LogP contribution in [0, 0.1) is 0 Å². The van der Waals surface area contributed by atoms with Gasteiger partial charge in [-0.25, -0.2) is 4.98 Å². The largest absolute Gasteiger partial charge is 0.433 e. The van der Waals surface area contributed by atoms with E-state index >= 15 is 0 Å². The van der Waals surface area contributed by atoms with E-state index in [1.807, 2.05) is 6.92 Å². The summed E-state index contributed by atoms with van der Waals surface area (Å²) in [6.45, 7) is 2.53. The zero-order valence-corrected chi connectivity index (χ0v) is 15.7. The number of hydrogen-bond donors (Lipinski definition) is 2. The molecule has 0 bridgehead atoms. The molecule has 2 N–H and O–H groups in total. The van der Waals surface area contributed by atoms with Gasteiger partial charge in [-0.1, -0.05) is 38.0 Å². The van der Waals surface area contributed by atoms with Crippen LogP contribution >= 0.6 is 0 Å². The van der Waals surface area contributed by atoms with Gasteiger partial charge in [0.05, 0.1) is 17.4 Å². The molecule has 0 radical (unpaired) electrons. The molecule has 0 aliphatic heterocycles. The third-order valence-electron chi connectivity index (χ3n) is 4.36. The van der Waals surface area contributed by atoms with Crippen molar-refractivity contribution in [3.05, 3.63) is 53.2 Å².